The van der Waals surface area contributed by atoms with E-state index >= 15 is 0 Å². The van der Waals surface area contributed by atoms with Crippen LogP contribution in [0.25, 0.3) is 11.0 Å². The summed E-state index contributed by atoms with van der Waals surface area (Å²) in [4.78, 5) is 26.4. The zero-order valence-corrected chi connectivity index (χ0v) is 20.5. The number of methoxy groups -OCH3 is 1. The largest absolute Gasteiger partial charge is 0.480 e. The highest BCUT2D eigenvalue weighted by Crippen LogP contribution is 2.31. The molecule has 0 bridgehead atoms. The minimum atomic E-state index is -0.716. The summed E-state index contributed by atoms with van der Waals surface area (Å²) in [6.07, 6.45) is 3.60. The van der Waals surface area contributed by atoms with Crippen LogP contribution in [-0.4, -0.2) is 58.0 Å². The first-order chi connectivity index (χ1) is 17.1. The maximum Gasteiger partial charge on any atom is 0.235 e. The summed E-state index contributed by atoms with van der Waals surface area (Å²) in [5, 5.41) is 21.3. The number of aromatic nitrogens is 3. The van der Waals surface area contributed by atoms with Crippen LogP contribution in [0.5, 0.6) is 5.88 Å². The molecule has 2 aromatic heterocycles. The lowest BCUT2D eigenvalue weighted by Gasteiger charge is -2.33. The fourth-order valence-corrected chi connectivity index (χ4v) is 5.53. The molecule has 3 atom stereocenters. The summed E-state index contributed by atoms with van der Waals surface area (Å²) in [6.45, 7) is 2.47. The number of piperidine rings is 1. The zero-order chi connectivity index (χ0) is 24.2. The van der Waals surface area contributed by atoms with Crippen LogP contribution >= 0.6 is 11.8 Å². The molecule has 1 aromatic carbocycles. The lowest BCUT2D eigenvalue weighted by atomic mass is 9.86. The Balaban J connectivity index is 1.35. The molecule has 35 heavy (non-hydrogen) atoms. The molecular weight excluding hydrogens is 464 g/mol. The number of aliphatic hydroxyl groups excluding tert-OH is 1. The summed E-state index contributed by atoms with van der Waals surface area (Å²) in [5.74, 6) is 1.83. The van der Waals surface area contributed by atoms with E-state index in [1.54, 1.807) is 13.3 Å². The number of nitrogens with one attached hydrogen (secondary N) is 3. The first-order valence-corrected chi connectivity index (χ1v) is 12.9. The van der Waals surface area contributed by atoms with Crippen molar-refractivity contribution in [3.05, 3.63) is 47.8 Å². The molecule has 2 aliphatic rings. The van der Waals surface area contributed by atoms with E-state index in [4.69, 9.17) is 4.74 Å². The number of hydrogen-bond acceptors (Lipinski definition) is 9. The third kappa shape index (κ3) is 5.56. The molecule has 5 rings (SSSR count). The molecule has 3 aromatic rings. The number of aliphatic hydroxyl groups is 1. The molecule has 3 unspecified atom stereocenters. The molecule has 184 valence electrons. The molecular formula is C25H30N6O3S. The minimum absolute atomic E-state index is 0.0239. The van der Waals surface area contributed by atoms with E-state index in [0.717, 1.165) is 47.6 Å². The topological polar surface area (TPSA) is 121 Å². The maximum atomic E-state index is 11.8. The second-order valence-electron chi connectivity index (χ2n) is 8.96. The highest BCUT2D eigenvalue weighted by Gasteiger charge is 2.27. The van der Waals surface area contributed by atoms with E-state index in [0.29, 0.717) is 41.9 Å². The third-order valence-corrected chi connectivity index (χ3v) is 7.66. The number of carbonyl (C=O) groups is 1. The Bertz CT molecular complexity index is 1200. The van der Waals surface area contributed by atoms with Crippen molar-refractivity contribution in [2.75, 3.05) is 31.3 Å². The first-order valence-electron chi connectivity index (χ1n) is 11.9. The van der Waals surface area contributed by atoms with Crippen molar-refractivity contribution < 1.29 is 14.6 Å². The van der Waals surface area contributed by atoms with E-state index < -0.39 is 6.10 Å². The Labute approximate surface area is 208 Å². The van der Waals surface area contributed by atoms with Gasteiger partial charge in [0, 0.05) is 18.2 Å². The predicted molar refractivity (Wildman–Crippen MR) is 135 cm³/mol. The zero-order valence-electron chi connectivity index (χ0n) is 19.7. The second kappa shape index (κ2) is 10.9. The average Bonchev–Trinajstić information content (AvgIpc) is 2.90. The molecule has 4 heterocycles. The Morgan fingerprint density at radius 3 is 3.03 bits per heavy atom. The van der Waals surface area contributed by atoms with Crippen molar-refractivity contribution in [2.45, 2.75) is 42.8 Å². The summed E-state index contributed by atoms with van der Waals surface area (Å²) in [7, 11) is 1.56. The Hall–Kier alpha value is -2.79. The molecule has 1 saturated heterocycles. The van der Waals surface area contributed by atoms with Crippen LogP contribution in [0, 0.1) is 5.92 Å². The number of pyridine rings is 1. The van der Waals surface area contributed by atoms with Crippen LogP contribution in [0.1, 0.15) is 36.6 Å². The van der Waals surface area contributed by atoms with Crippen molar-refractivity contribution in [2.24, 2.45) is 5.92 Å². The summed E-state index contributed by atoms with van der Waals surface area (Å²) in [5.41, 5.74) is 2.99. The van der Waals surface area contributed by atoms with Crippen LogP contribution < -0.4 is 20.7 Å². The van der Waals surface area contributed by atoms with Gasteiger partial charge in [0.25, 0.3) is 0 Å². The monoisotopic (exact) mass is 494 g/mol. The van der Waals surface area contributed by atoms with Crippen LogP contribution in [0.15, 0.2) is 41.4 Å². The second-order valence-corrected chi connectivity index (χ2v) is 9.98. The van der Waals surface area contributed by atoms with Crippen LogP contribution in [-0.2, 0) is 11.3 Å². The number of hydrogen-bond donors (Lipinski definition) is 4. The van der Waals surface area contributed by atoms with Crippen LogP contribution in [0.4, 0.5) is 5.82 Å². The summed E-state index contributed by atoms with van der Waals surface area (Å²) >= 11 is 1.51. The van der Waals surface area contributed by atoms with E-state index in [1.165, 1.54) is 11.8 Å². The summed E-state index contributed by atoms with van der Waals surface area (Å²) in [6, 6.07) is 9.76. The minimum Gasteiger partial charge on any atom is -0.480 e. The molecule has 0 radical (unpaired) electrons. The van der Waals surface area contributed by atoms with Gasteiger partial charge in [-0.25, -0.2) is 15.0 Å². The van der Waals surface area contributed by atoms with E-state index in [9.17, 15) is 9.90 Å². The number of amides is 1. The molecule has 0 aliphatic carbocycles. The normalized spacial score (nSPS) is 19.6. The molecule has 1 amide bonds. The average molecular weight is 495 g/mol. The van der Waals surface area contributed by atoms with Crippen molar-refractivity contribution in [1.82, 2.24) is 25.6 Å². The number of rotatable bonds is 8. The fourth-order valence-electron chi connectivity index (χ4n) is 4.78. The lowest BCUT2D eigenvalue weighted by Crippen LogP contribution is -2.44. The van der Waals surface area contributed by atoms with Gasteiger partial charge in [-0.05, 0) is 56.5 Å². The van der Waals surface area contributed by atoms with Gasteiger partial charge in [-0.2, -0.15) is 0 Å². The highest BCUT2D eigenvalue weighted by atomic mass is 32.2. The standard InChI is InChI=1S/C25H30N6O3S/c1-34-23-13-28-18-6-2-5-17(24(18)31-23)20(32)10-19(15-4-3-9-26-11-15)27-12-16-7-8-21-25(29-16)30-22(33)14-35-21/h2,5-8,13,15,19-20,26-27,32H,3-4,9-12,14H2,1H3,(H,29,30,33). The van der Waals surface area contributed by atoms with Gasteiger partial charge in [0.15, 0.2) is 0 Å². The first kappa shape index (κ1) is 23.9. The number of para-hydroxylation sites is 1. The number of thioether (sulfide) groups is 1. The Morgan fingerprint density at radius 2 is 2.20 bits per heavy atom. The van der Waals surface area contributed by atoms with Gasteiger partial charge < -0.3 is 25.8 Å². The number of ether oxygens (including phenoxy) is 1. The SMILES string of the molecule is COc1cnc2cccc(C(O)CC(NCc3ccc4c(n3)NC(=O)CS4)C3CCCNC3)c2n1. The van der Waals surface area contributed by atoms with Gasteiger partial charge in [-0.15, -0.1) is 11.8 Å². The molecule has 2 aliphatic heterocycles. The molecule has 9 nitrogen and oxygen atoms in total. The highest BCUT2D eigenvalue weighted by molar-refractivity contribution is 8.00. The smallest absolute Gasteiger partial charge is 0.235 e. The van der Waals surface area contributed by atoms with E-state index in [-0.39, 0.29) is 11.9 Å². The molecule has 0 spiro atoms. The van der Waals surface area contributed by atoms with Crippen LogP contribution in [0.3, 0.4) is 0 Å². The molecule has 10 heteroatoms. The third-order valence-electron chi connectivity index (χ3n) is 6.61. The van der Waals surface area contributed by atoms with Crippen LogP contribution in [0.2, 0.25) is 0 Å². The van der Waals surface area contributed by atoms with E-state index in [2.05, 4.69) is 30.9 Å². The number of benzene rings is 1. The quantitative estimate of drug-likeness (QED) is 0.374. The van der Waals surface area contributed by atoms with E-state index in [1.807, 2.05) is 30.3 Å². The number of nitrogens with zero attached hydrogens (tertiary/aromatic N) is 3. The number of carbonyl (C=O) groups excluding carboxylic acids is 1. The maximum absolute atomic E-state index is 11.8. The number of anilines is 1. The van der Waals surface area contributed by atoms with Gasteiger partial charge in [0.05, 0.1) is 46.8 Å². The van der Waals surface area contributed by atoms with Gasteiger partial charge in [0.1, 0.15) is 5.82 Å². The van der Waals surface area contributed by atoms with Crippen molar-refractivity contribution >= 4 is 34.5 Å². The van der Waals surface area contributed by atoms with Crippen molar-refractivity contribution in [3.63, 3.8) is 0 Å². The van der Waals surface area contributed by atoms with Gasteiger partial charge in [-0.1, -0.05) is 12.1 Å². The molecule has 0 saturated carbocycles. The fraction of sp³-hybridized carbons (Fsp3) is 0.440. The molecule has 1 fully saturated rings. The predicted octanol–water partition coefficient (Wildman–Crippen LogP) is 2.66. The van der Waals surface area contributed by atoms with Crippen molar-refractivity contribution in [3.8, 4) is 5.88 Å². The summed E-state index contributed by atoms with van der Waals surface area (Å²) < 4.78 is 5.26. The Kier molecular flexibility index (Phi) is 7.43. The van der Waals surface area contributed by atoms with Gasteiger partial charge in [-0.3, -0.25) is 4.79 Å². The number of fused-ring (bicyclic) bond motifs is 2. The van der Waals surface area contributed by atoms with Crippen molar-refractivity contribution in [1.29, 1.82) is 0 Å². The molecule has 4 N–H and O–H groups in total. The lowest BCUT2D eigenvalue weighted by molar-refractivity contribution is -0.113. The Morgan fingerprint density at radius 1 is 1.29 bits per heavy atom. The van der Waals surface area contributed by atoms with Gasteiger partial charge in [0.2, 0.25) is 11.8 Å². The van der Waals surface area contributed by atoms with Gasteiger partial charge >= 0.3 is 0 Å².